The molecule has 0 aliphatic carbocycles. The first-order valence-electron chi connectivity index (χ1n) is 8.05. The van der Waals surface area contributed by atoms with Gasteiger partial charge < -0.3 is 4.57 Å². The molecule has 0 radical (unpaired) electrons. The minimum absolute atomic E-state index is 0.314. The zero-order chi connectivity index (χ0) is 17.4. The van der Waals surface area contributed by atoms with Crippen molar-refractivity contribution in [1.29, 1.82) is 0 Å². The van der Waals surface area contributed by atoms with Crippen LogP contribution in [0.4, 0.5) is 0 Å². The van der Waals surface area contributed by atoms with Gasteiger partial charge in [0, 0.05) is 30.0 Å². The molecule has 0 saturated heterocycles. The molecule has 4 nitrogen and oxygen atoms in total. The van der Waals surface area contributed by atoms with E-state index in [0.717, 1.165) is 11.3 Å². The third kappa shape index (κ3) is 2.88. The fourth-order valence-corrected chi connectivity index (χ4v) is 5.06. The molecule has 0 N–H and O–H groups in total. The lowest BCUT2D eigenvalue weighted by Crippen LogP contribution is -2.42. The highest BCUT2D eigenvalue weighted by atomic mass is 35.5. The largest absolute Gasteiger partial charge is 0.348 e. The second-order valence-corrected chi connectivity index (χ2v) is 8.34. The van der Waals surface area contributed by atoms with Crippen LogP contribution < -0.4 is 0 Å². The van der Waals surface area contributed by atoms with Crippen LogP contribution in [0.15, 0.2) is 77.8 Å². The summed E-state index contributed by atoms with van der Waals surface area (Å²) in [6, 6.07) is 19.5. The van der Waals surface area contributed by atoms with E-state index in [4.69, 9.17) is 11.6 Å². The first kappa shape index (κ1) is 16.4. The van der Waals surface area contributed by atoms with Crippen molar-refractivity contribution in [3.8, 4) is 0 Å². The summed E-state index contributed by atoms with van der Waals surface area (Å²) in [4.78, 5) is 0.314. The molecule has 2 heterocycles. The minimum Gasteiger partial charge on any atom is -0.348 e. The van der Waals surface area contributed by atoms with Gasteiger partial charge in [0.05, 0.1) is 10.9 Å². The van der Waals surface area contributed by atoms with Crippen LogP contribution in [0.25, 0.3) is 0 Å². The van der Waals surface area contributed by atoms with Crippen LogP contribution in [0.3, 0.4) is 0 Å². The van der Waals surface area contributed by atoms with E-state index in [1.54, 1.807) is 40.7 Å². The second-order valence-electron chi connectivity index (χ2n) is 6.01. The lowest BCUT2D eigenvalue weighted by atomic mass is 10.0. The van der Waals surface area contributed by atoms with E-state index in [-0.39, 0.29) is 6.04 Å². The number of aromatic nitrogens is 1. The van der Waals surface area contributed by atoms with Crippen molar-refractivity contribution in [3.63, 3.8) is 0 Å². The third-order valence-corrected chi connectivity index (χ3v) is 6.66. The van der Waals surface area contributed by atoms with E-state index in [9.17, 15) is 8.42 Å². The third-order valence-electron chi connectivity index (χ3n) is 4.53. The zero-order valence-corrected chi connectivity index (χ0v) is 15.0. The number of benzene rings is 2. The van der Waals surface area contributed by atoms with E-state index in [0.29, 0.717) is 23.0 Å². The van der Waals surface area contributed by atoms with E-state index in [1.807, 2.05) is 36.5 Å². The van der Waals surface area contributed by atoms with Gasteiger partial charge in [0.1, 0.15) is 0 Å². The molecule has 4 rings (SSSR count). The Morgan fingerprint density at radius 3 is 2.32 bits per heavy atom. The molecule has 1 atom stereocenters. The van der Waals surface area contributed by atoms with Gasteiger partial charge in [-0.05, 0) is 42.0 Å². The molecule has 0 amide bonds. The molecule has 0 spiro atoms. The number of sulfonamides is 1. The van der Waals surface area contributed by atoms with Crippen LogP contribution in [-0.4, -0.2) is 23.8 Å². The smallest absolute Gasteiger partial charge is 0.244 e. The molecule has 0 saturated carbocycles. The molecule has 6 heteroatoms. The lowest BCUT2D eigenvalue weighted by Gasteiger charge is -2.36. The molecule has 0 fully saturated rings. The minimum atomic E-state index is -3.60. The first-order valence-corrected chi connectivity index (χ1v) is 9.86. The van der Waals surface area contributed by atoms with E-state index in [1.165, 1.54) is 0 Å². The maximum Gasteiger partial charge on any atom is 0.244 e. The highest BCUT2D eigenvalue weighted by Crippen LogP contribution is 2.36. The summed E-state index contributed by atoms with van der Waals surface area (Å²) < 4.78 is 30.2. The first-order chi connectivity index (χ1) is 12.1. The molecule has 1 aliphatic rings. The highest BCUT2D eigenvalue weighted by Gasteiger charge is 2.37. The van der Waals surface area contributed by atoms with Crippen LogP contribution in [-0.2, 0) is 16.6 Å². The Hall–Kier alpha value is -2.08. The fourth-order valence-electron chi connectivity index (χ4n) is 3.33. The Morgan fingerprint density at radius 2 is 1.60 bits per heavy atom. The predicted octanol–water partition coefficient (Wildman–Crippen LogP) is 3.94. The summed E-state index contributed by atoms with van der Waals surface area (Å²) in [6.07, 6.45) is 1.99. The van der Waals surface area contributed by atoms with E-state index in [2.05, 4.69) is 4.57 Å². The molecular formula is C19H17ClN2O2S. The Kier molecular flexibility index (Phi) is 4.15. The van der Waals surface area contributed by atoms with Crippen LogP contribution >= 0.6 is 11.6 Å². The van der Waals surface area contributed by atoms with Gasteiger partial charge in [0.25, 0.3) is 0 Å². The second kappa shape index (κ2) is 6.33. The summed E-state index contributed by atoms with van der Waals surface area (Å²) in [7, 11) is -3.60. The molecule has 3 aromatic rings. The average Bonchev–Trinajstić information content (AvgIpc) is 3.11. The normalized spacial score (nSPS) is 18.0. The molecule has 1 unspecified atom stereocenters. The Labute approximate surface area is 152 Å². The number of hydrogen-bond acceptors (Lipinski definition) is 2. The van der Waals surface area contributed by atoms with Gasteiger partial charge in [-0.2, -0.15) is 4.31 Å². The zero-order valence-electron chi connectivity index (χ0n) is 13.4. The van der Waals surface area contributed by atoms with Gasteiger partial charge in [-0.25, -0.2) is 8.42 Å². The van der Waals surface area contributed by atoms with E-state index >= 15 is 0 Å². The van der Waals surface area contributed by atoms with Crippen molar-refractivity contribution in [3.05, 3.63) is 89.2 Å². The molecule has 128 valence electrons. The molecule has 25 heavy (non-hydrogen) atoms. The van der Waals surface area contributed by atoms with Crippen LogP contribution in [0.5, 0.6) is 0 Å². The predicted molar refractivity (Wildman–Crippen MR) is 98.1 cm³/mol. The topological polar surface area (TPSA) is 42.3 Å². The summed E-state index contributed by atoms with van der Waals surface area (Å²) in [5.74, 6) is 0. The molecular weight excluding hydrogens is 356 g/mol. The van der Waals surface area contributed by atoms with Crippen LogP contribution in [0, 0.1) is 0 Å². The van der Waals surface area contributed by atoms with Crippen LogP contribution in [0.1, 0.15) is 17.3 Å². The summed E-state index contributed by atoms with van der Waals surface area (Å²) in [5.41, 5.74) is 1.87. The van der Waals surface area contributed by atoms with Gasteiger partial charge in [-0.15, -0.1) is 0 Å². The highest BCUT2D eigenvalue weighted by molar-refractivity contribution is 7.89. The SMILES string of the molecule is O=S(=O)(c1ccccc1)N1CCn2cccc2C1c1ccc(Cl)cc1. The van der Waals surface area contributed by atoms with Crippen molar-refractivity contribution in [2.75, 3.05) is 6.54 Å². The maximum atomic E-state index is 13.3. The van der Waals surface area contributed by atoms with Gasteiger partial charge in [0.15, 0.2) is 0 Å². The number of nitrogens with zero attached hydrogens (tertiary/aromatic N) is 2. The number of halogens is 1. The van der Waals surface area contributed by atoms with Crippen LogP contribution in [0.2, 0.25) is 5.02 Å². The van der Waals surface area contributed by atoms with Crippen molar-refractivity contribution in [2.24, 2.45) is 0 Å². The van der Waals surface area contributed by atoms with E-state index < -0.39 is 10.0 Å². The van der Waals surface area contributed by atoms with Crippen molar-refractivity contribution < 1.29 is 8.42 Å². The van der Waals surface area contributed by atoms with Crippen molar-refractivity contribution in [1.82, 2.24) is 8.87 Å². The summed E-state index contributed by atoms with van der Waals surface area (Å²) in [6.45, 7) is 1.06. The van der Waals surface area contributed by atoms with Gasteiger partial charge in [-0.3, -0.25) is 0 Å². The Bertz CT molecular complexity index is 982. The quantitative estimate of drug-likeness (QED) is 0.699. The number of rotatable bonds is 3. The number of hydrogen-bond donors (Lipinski definition) is 0. The molecule has 2 aromatic carbocycles. The van der Waals surface area contributed by atoms with Crippen molar-refractivity contribution >= 4 is 21.6 Å². The van der Waals surface area contributed by atoms with Gasteiger partial charge in [-0.1, -0.05) is 41.9 Å². The molecule has 1 aliphatic heterocycles. The van der Waals surface area contributed by atoms with Gasteiger partial charge in [0.2, 0.25) is 10.0 Å². The monoisotopic (exact) mass is 372 g/mol. The maximum absolute atomic E-state index is 13.3. The standard InChI is InChI=1S/C19H17ClN2O2S/c20-16-10-8-15(9-11-16)19-18-7-4-12-21(18)13-14-22(19)25(23,24)17-5-2-1-3-6-17/h1-12,19H,13-14H2. The Morgan fingerprint density at radius 1 is 0.880 bits per heavy atom. The summed E-state index contributed by atoms with van der Waals surface area (Å²) >= 11 is 6.01. The fraction of sp³-hybridized carbons (Fsp3) is 0.158. The Balaban J connectivity index is 1.85. The van der Waals surface area contributed by atoms with Crippen molar-refractivity contribution in [2.45, 2.75) is 17.5 Å². The molecule has 0 bridgehead atoms. The molecule has 1 aromatic heterocycles. The average molecular weight is 373 g/mol. The lowest BCUT2D eigenvalue weighted by molar-refractivity contribution is 0.298. The summed E-state index contributed by atoms with van der Waals surface area (Å²) in [5, 5.41) is 0.632. The van der Waals surface area contributed by atoms with Gasteiger partial charge >= 0.3 is 0 Å². The number of fused-ring (bicyclic) bond motifs is 1.